The van der Waals surface area contributed by atoms with Crippen LogP contribution in [0.3, 0.4) is 0 Å². The Kier molecular flexibility index (Phi) is 7.02. The van der Waals surface area contributed by atoms with Gasteiger partial charge >= 0.3 is 0 Å². The Labute approximate surface area is 104 Å². The van der Waals surface area contributed by atoms with Gasteiger partial charge in [0, 0.05) is 6.42 Å². The first kappa shape index (κ1) is 14.9. The molecule has 0 aromatic rings. The van der Waals surface area contributed by atoms with Crippen molar-refractivity contribution in [3.05, 3.63) is 0 Å². The van der Waals surface area contributed by atoms with E-state index in [-0.39, 0.29) is 6.42 Å². The van der Waals surface area contributed by atoms with Crippen LogP contribution in [0.15, 0.2) is 0 Å². The van der Waals surface area contributed by atoms with Crippen LogP contribution in [-0.2, 0) is 0 Å². The zero-order valence-corrected chi connectivity index (χ0v) is 11.1. The summed E-state index contributed by atoms with van der Waals surface area (Å²) in [6, 6.07) is -0.563. The van der Waals surface area contributed by atoms with Crippen LogP contribution in [0.5, 0.6) is 0 Å². The lowest BCUT2D eigenvalue weighted by molar-refractivity contribution is -0.0634. The topological polar surface area (TPSA) is 12.0 Å². The molecule has 17 heavy (non-hydrogen) atoms. The van der Waals surface area contributed by atoms with Gasteiger partial charge in [-0.15, -0.1) is 0 Å². The molecule has 0 aromatic carbocycles. The van der Waals surface area contributed by atoms with Crippen LogP contribution >= 0.6 is 0 Å². The molecular weight excluding hydrogens is 220 g/mol. The van der Waals surface area contributed by atoms with E-state index in [0.29, 0.717) is 12.8 Å². The van der Waals surface area contributed by atoms with E-state index in [1.807, 2.05) is 0 Å². The summed E-state index contributed by atoms with van der Waals surface area (Å²) in [6.07, 6.45) is 9.64. The molecule has 0 radical (unpaired) electrons. The summed E-state index contributed by atoms with van der Waals surface area (Å²) in [6.45, 7) is 2.96. The highest BCUT2D eigenvalue weighted by Gasteiger charge is 2.40. The molecule has 0 aliphatic heterocycles. The van der Waals surface area contributed by atoms with Crippen LogP contribution in [0, 0.1) is 0 Å². The fourth-order valence-corrected chi connectivity index (χ4v) is 2.53. The van der Waals surface area contributed by atoms with E-state index in [0.717, 1.165) is 19.4 Å². The Morgan fingerprint density at radius 2 is 1.76 bits per heavy atom. The minimum atomic E-state index is -2.47. The average molecular weight is 247 g/mol. The first-order valence-corrected chi connectivity index (χ1v) is 7.28. The van der Waals surface area contributed by atoms with Crippen LogP contribution in [0.1, 0.15) is 71.1 Å². The lowest BCUT2D eigenvalue weighted by Gasteiger charge is -2.32. The molecule has 102 valence electrons. The standard InChI is InChI=1S/C14H27F2N/c1-2-3-4-5-6-9-12-17-13-10-7-8-11-14(13,15)16/h13,17H,2-12H2,1H3. The van der Waals surface area contributed by atoms with Gasteiger partial charge in [0.05, 0.1) is 6.04 Å². The molecule has 1 aliphatic carbocycles. The first-order chi connectivity index (χ1) is 8.17. The minimum absolute atomic E-state index is 0.0706. The largest absolute Gasteiger partial charge is 0.309 e. The number of alkyl halides is 2. The van der Waals surface area contributed by atoms with Gasteiger partial charge in [0.2, 0.25) is 0 Å². The van der Waals surface area contributed by atoms with Crippen molar-refractivity contribution < 1.29 is 8.78 Å². The van der Waals surface area contributed by atoms with Gasteiger partial charge in [-0.1, -0.05) is 45.4 Å². The van der Waals surface area contributed by atoms with Crippen molar-refractivity contribution in [2.24, 2.45) is 0 Å². The smallest absolute Gasteiger partial charge is 0.263 e. The number of rotatable bonds is 8. The monoisotopic (exact) mass is 247 g/mol. The van der Waals surface area contributed by atoms with Crippen LogP contribution in [-0.4, -0.2) is 18.5 Å². The summed E-state index contributed by atoms with van der Waals surface area (Å²) >= 11 is 0. The molecule has 0 amide bonds. The SMILES string of the molecule is CCCCCCCCNC1CCCCC1(F)F. The molecule has 0 spiro atoms. The molecule has 1 unspecified atom stereocenters. The lowest BCUT2D eigenvalue weighted by Crippen LogP contribution is -2.47. The van der Waals surface area contributed by atoms with E-state index in [1.54, 1.807) is 0 Å². The molecule has 1 aliphatic rings. The number of hydrogen-bond donors (Lipinski definition) is 1. The predicted octanol–water partition coefficient (Wildman–Crippen LogP) is 4.51. The Bertz CT molecular complexity index is 195. The zero-order valence-electron chi connectivity index (χ0n) is 11.1. The summed E-state index contributed by atoms with van der Waals surface area (Å²) in [5, 5.41) is 3.05. The normalized spacial score (nSPS) is 23.8. The van der Waals surface area contributed by atoms with Crippen molar-refractivity contribution >= 4 is 0 Å². The maximum atomic E-state index is 13.5. The number of hydrogen-bond acceptors (Lipinski definition) is 1. The Morgan fingerprint density at radius 1 is 1.06 bits per heavy atom. The van der Waals surface area contributed by atoms with Gasteiger partial charge in [-0.25, -0.2) is 8.78 Å². The first-order valence-electron chi connectivity index (χ1n) is 7.28. The molecule has 1 rings (SSSR count). The second-order valence-corrected chi connectivity index (χ2v) is 5.28. The summed E-state index contributed by atoms with van der Waals surface area (Å²) < 4.78 is 27.0. The fourth-order valence-electron chi connectivity index (χ4n) is 2.53. The van der Waals surface area contributed by atoms with Crippen molar-refractivity contribution in [3.63, 3.8) is 0 Å². The van der Waals surface area contributed by atoms with Gasteiger partial charge in [-0.05, 0) is 25.8 Å². The van der Waals surface area contributed by atoms with E-state index >= 15 is 0 Å². The summed E-state index contributed by atoms with van der Waals surface area (Å²) in [4.78, 5) is 0. The summed E-state index contributed by atoms with van der Waals surface area (Å²) in [5.74, 6) is -2.47. The maximum Gasteiger partial charge on any atom is 0.263 e. The Morgan fingerprint density at radius 3 is 2.47 bits per heavy atom. The van der Waals surface area contributed by atoms with Crippen LogP contribution in [0.25, 0.3) is 0 Å². The van der Waals surface area contributed by atoms with Gasteiger partial charge in [-0.3, -0.25) is 0 Å². The molecule has 1 nitrogen and oxygen atoms in total. The van der Waals surface area contributed by atoms with E-state index in [1.165, 1.54) is 32.1 Å². The molecule has 3 heteroatoms. The quantitative estimate of drug-likeness (QED) is 0.622. The predicted molar refractivity (Wildman–Crippen MR) is 68.6 cm³/mol. The number of halogens is 2. The van der Waals surface area contributed by atoms with Crippen molar-refractivity contribution in [3.8, 4) is 0 Å². The van der Waals surface area contributed by atoms with Gasteiger partial charge in [0.1, 0.15) is 0 Å². The summed E-state index contributed by atoms with van der Waals surface area (Å²) in [7, 11) is 0. The minimum Gasteiger partial charge on any atom is -0.309 e. The van der Waals surface area contributed by atoms with Crippen molar-refractivity contribution in [2.75, 3.05) is 6.54 Å². The van der Waals surface area contributed by atoms with Gasteiger partial charge < -0.3 is 5.32 Å². The molecule has 0 saturated heterocycles. The lowest BCUT2D eigenvalue weighted by atomic mass is 9.91. The second-order valence-electron chi connectivity index (χ2n) is 5.28. The van der Waals surface area contributed by atoms with Crippen molar-refractivity contribution in [2.45, 2.75) is 83.1 Å². The van der Waals surface area contributed by atoms with Gasteiger partial charge in [0.15, 0.2) is 0 Å². The zero-order chi connectivity index (χ0) is 12.6. The molecule has 1 saturated carbocycles. The Hall–Kier alpha value is -0.180. The summed E-state index contributed by atoms with van der Waals surface area (Å²) in [5.41, 5.74) is 0. The third kappa shape index (κ3) is 5.80. The highest BCUT2D eigenvalue weighted by Crippen LogP contribution is 2.33. The third-order valence-electron chi connectivity index (χ3n) is 3.68. The Balaban J connectivity index is 2.01. The number of nitrogens with one attached hydrogen (secondary N) is 1. The van der Waals surface area contributed by atoms with Crippen molar-refractivity contribution in [1.82, 2.24) is 5.32 Å². The van der Waals surface area contributed by atoms with Gasteiger partial charge in [0.25, 0.3) is 5.92 Å². The van der Waals surface area contributed by atoms with E-state index < -0.39 is 12.0 Å². The molecule has 1 N–H and O–H groups in total. The van der Waals surface area contributed by atoms with Crippen LogP contribution in [0.2, 0.25) is 0 Å². The van der Waals surface area contributed by atoms with E-state index in [4.69, 9.17) is 0 Å². The maximum absolute atomic E-state index is 13.5. The molecule has 0 aromatic heterocycles. The average Bonchev–Trinajstić information content (AvgIpc) is 2.29. The van der Waals surface area contributed by atoms with E-state index in [9.17, 15) is 8.78 Å². The van der Waals surface area contributed by atoms with E-state index in [2.05, 4.69) is 12.2 Å². The number of unbranched alkanes of at least 4 members (excludes halogenated alkanes) is 5. The molecule has 1 fully saturated rings. The van der Waals surface area contributed by atoms with Gasteiger partial charge in [-0.2, -0.15) is 0 Å². The van der Waals surface area contributed by atoms with Crippen molar-refractivity contribution in [1.29, 1.82) is 0 Å². The molecule has 0 heterocycles. The second kappa shape index (κ2) is 8.02. The fraction of sp³-hybridized carbons (Fsp3) is 1.00. The van der Waals surface area contributed by atoms with Crippen LogP contribution < -0.4 is 5.32 Å². The highest BCUT2D eigenvalue weighted by atomic mass is 19.3. The molecular formula is C14H27F2N. The third-order valence-corrected chi connectivity index (χ3v) is 3.68. The molecule has 1 atom stereocenters. The highest BCUT2D eigenvalue weighted by molar-refractivity contribution is 4.87. The molecule has 0 bridgehead atoms. The van der Waals surface area contributed by atoms with Crippen LogP contribution in [0.4, 0.5) is 8.78 Å².